The molecule has 0 amide bonds. The SMILES string of the molecule is C=CCC(CCC)Nc1cccc(C)c1.CC. The first-order chi connectivity index (χ1) is 8.26. The lowest BCUT2D eigenvalue weighted by molar-refractivity contribution is 0.648. The zero-order valence-corrected chi connectivity index (χ0v) is 11.8. The average molecular weight is 233 g/mol. The average Bonchev–Trinajstić information content (AvgIpc) is 2.32. The molecule has 1 rings (SSSR count). The summed E-state index contributed by atoms with van der Waals surface area (Å²) in [5.41, 5.74) is 2.52. The standard InChI is InChI=1S/C14H21N.C2H6/c1-4-7-13(8-5-2)15-14-10-6-9-12(3)11-14;1-2/h4,6,9-11,13,15H,1,5,7-8H2,2-3H3;1-2H3. The number of nitrogens with one attached hydrogen (secondary N) is 1. The van der Waals surface area contributed by atoms with Gasteiger partial charge in [-0.1, -0.05) is 45.4 Å². The molecule has 0 aliphatic carbocycles. The molecule has 96 valence electrons. The van der Waals surface area contributed by atoms with Gasteiger partial charge in [0.25, 0.3) is 0 Å². The van der Waals surface area contributed by atoms with Crippen LogP contribution in [-0.2, 0) is 0 Å². The second-order valence-corrected chi connectivity index (χ2v) is 4.02. The first-order valence-corrected chi connectivity index (χ1v) is 6.70. The molecule has 17 heavy (non-hydrogen) atoms. The molecule has 1 aromatic carbocycles. The molecule has 0 fully saturated rings. The van der Waals surface area contributed by atoms with Gasteiger partial charge in [0.15, 0.2) is 0 Å². The van der Waals surface area contributed by atoms with E-state index in [4.69, 9.17) is 0 Å². The molecule has 0 bridgehead atoms. The summed E-state index contributed by atoms with van der Waals surface area (Å²) in [7, 11) is 0. The maximum atomic E-state index is 3.80. The van der Waals surface area contributed by atoms with Crippen LogP contribution in [0, 0.1) is 6.92 Å². The normalized spacial score (nSPS) is 11.1. The van der Waals surface area contributed by atoms with Crippen molar-refractivity contribution in [1.29, 1.82) is 0 Å². The second-order valence-electron chi connectivity index (χ2n) is 4.02. The van der Waals surface area contributed by atoms with E-state index in [9.17, 15) is 0 Å². The Balaban J connectivity index is 0.00000121. The molecule has 1 unspecified atom stereocenters. The monoisotopic (exact) mass is 233 g/mol. The largest absolute Gasteiger partial charge is 0.382 e. The quantitative estimate of drug-likeness (QED) is 0.668. The second kappa shape index (κ2) is 9.95. The van der Waals surface area contributed by atoms with Gasteiger partial charge < -0.3 is 5.32 Å². The molecule has 0 aliphatic heterocycles. The van der Waals surface area contributed by atoms with Crippen LogP contribution < -0.4 is 5.32 Å². The van der Waals surface area contributed by atoms with Crippen LogP contribution in [0.2, 0.25) is 0 Å². The van der Waals surface area contributed by atoms with Crippen LogP contribution in [0.1, 0.15) is 45.6 Å². The Hall–Kier alpha value is -1.24. The lowest BCUT2D eigenvalue weighted by Gasteiger charge is -2.17. The van der Waals surface area contributed by atoms with Gasteiger partial charge >= 0.3 is 0 Å². The summed E-state index contributed by atoms with van der Waals surface area (Å²) in [4.78, 5) is 0. The smallest absolute Gasteiger partial charge is 0.0345 e. The van der Waals surface area contributed by atoms with Crippen molar-refractivity contribution in [1.82, 2.24) is 0 Å². The van der Waals surface area contributed by atoms with Gasteiger partial charge in [-0.15, -0.1) is 6.58 Å². The van der Waals surface area contributed by atoms with E-state index in [0.29, 0.717) is 6.04 Å². The van der Waals surface area contributed by atoms with Gasteiger partial charge in [-0.25, -0.2) is 0 Å². The molecular weight excluding hydrogens is 206 g/mol. The van der Waals surface area contributed by atoms with Crippen molar-refractivity contribution in [2.24, 2.45) is 0 Å². The van der Waals surface area contributed by atoms with Gasteiger partial charge in [-0.3, -0.25) is 0 Å². The van der Waals surface area contributed by atoms with E-state index < -0.39 is 0 Å². The summed E-state index contributed by atoms with van der Waals surface area (Å²) in [6.45, 7) is 12.1. The molecule has 1 aromatic rings. The first kappa shape index (κ1) is 15.8. The van der Waals surface area contributed by atoms with E-state index in [1.54, 1.807) is 0 Å². The van der Waals surface area contributed by atoms with Crippen molar-refractivity contribution < 1.29 is 0 Å². The molecule has 0 aliphatic rings. The Morgan fingerprint density at radius 1 is 1.35 bits per heavy atom. The van der Waals surface area contributed by atoms with E-state index in [0.717, 1.165) is 6.42 Å². The van der Waals surface area contributed by atoms with Crippen LogP contribution in [0.4, 0.5) is 5.69 Å². The molecule has 0 saturated heterocycles. The number of aryl methyl sites for hydroxylation is 1. The minimum atomic E-state index is 0.522. The zero-order chi connectivity index (χ0) is 13.1. The molecule has 1 heteroatoms. The fourth-order valence-electron chi connectivity index (χ4n) is 1.77. The third kappa shape index (κ3) is 6.83. The minimum absolute atomic E-state index is 0.522. The van der Waals surface area contributed by atoms with Crippen LogP contribution in [0.25, 0.3) is 0 Å². The molecule has 0 spiro atoms. The fourth-order valence-corrected chi connectivity index (χ4v) is 1.77. The van der Waals surface area contributed by atoms with Crippen molar-refractivity contribution in [3.8, 4) is 0 Å². The van der Waals surface area contributed by atoms with E-state index in [1.807, 2.05) is 19.9 Å². The summed E-state index contributed by atoms with van der Waals surface area (Å²) in [6.07, 6.45) is 5.42. The maximum Gasteiger partial charge on any atom is 0.0345 e. The van der Waals surface area contributed by atoms with Crippen molar-refractivity contribution in [2.75, 3.05) is 5.32 Å². The van der Waals surface area contributed by atoms with Crippen LogP contribution in [0.15, 0.2) is 36.9 Å². The Morgan fingerprint density at radius 3 is 2.59 bits per heavy atom. The minimum Gasteiger partial charge on any atom is -0.382 e. The van der Waals surface area contributed by atoms with Crippen molar-refractivity contribution in [3.05, 3.63) is 42.5 Å². The van der Waals surface area contributed by atoms with Crippen LogP contribution in [-0.4, -0.2) is 6.04 Å². The summed E-state index contributed by atoms with van der Waals surface area (Å²) in [5, 5.41) is 3.55. The number of hydrogen-bond donors (Lipinski definition) is 1. The topological polar surface area (TPSA) is 12.0 Å². The van der Waals surface area contributed by atoms with Gasteiger partial charge in [0.05, 0.1) is 0 Å². The highest BCUT2D eigenvalue weighted by molar-refractivity contribution is 5.46. The van der Waals surface area contributed by atoms with Crippen LogP contribution in [0.3, 0.4) is 0 Å². The maximum absolute atomic E-state index is 3.80. The third-order valence-electron chi connectivity index (χ3n) is 2.48. The summed E-state index contributed by atoms with van der Waals surface area (Å²) < 4.78 is 0. The Bertz CT molecular complexity index is 304. The molecule has 0 radical (unpaired) electrons. The number of rotatable bonds is 6. The zero-order valence-electron chi connectivity index (χ0n) is 11.8. The number of benzene rings is 1. The summed E-state index contributed by atoms with van der Waals surface area (Å²) in [5.74, 6) is 0. The van der Waals surface area contributed by atoms with E-state index >= 15 is 0 Å². The lowest BCUT2D eigenvalue weighted by Crippen LogP contribution is -2.18. The number of hydrogen-bond acceptors (Lipinski definition) is 1. The molecule has 0 saturated carbocycles. The molecule has 1 nitrogen and oxygen atoms in total. The van der Waals surface area contributed by atoms with Crippen LogP contribution >= 0.6 is 0 Å². The molecular formula is C16H27N. The van der Waals surface area contributed by atoms with Crippen LogP contribution in [0.5, 0.6) is 0 Å². The lowest BCUT2D eigenvalue weighted by atomic mass is 10.1. The molecule has 0 heterocycles. The van der Waals surface area contributed by atoms with E-state index in [2.05, 4.69) is 50.0 Å². The first-order valence-electron chi connectivity index (χ1n) is 6.70. The highest BCUT2D eigenvalue weighted by Gasteiger charge is 2.04. The van der Waals surface area contributed by atoms with Gasteiger partial charge in [-0.05, 0) is 37.5 Å². The Kier molecular flexibility index (Phi) is 9.22. The van der Waals surface area contributed by atoms with Gasteiger partial charge in [0.2, 0.25) is 0 Å². The molecule has 0 aromatic heterocycles. The van der Waals surface area contributed by atoms with E-state index in [1.165, 1.54) is 24.1 Å². The predicted molar refractivity (Wildman–Crippen MR) is 79.7 cm³/mol. The highest BCUT2D eigenvalue weighted by Crippen LogP contribution is 2.14. The van der Waals surface area contributed by atoms with Crippen molar-refractivity contribution in [2.45, 2.75) is 53.0 Å². The summed E-state index contributed by atoms with van der Waals surface area (Å²) >= 11 is 0. The third-order valence-corrected chi connectivity index (χ3v) is 2.48. The van der Waals surface area contributed by atoms with Gasteiger partial charge in [0.1, 0.15) is 0 Å². The van der Waals surface area contributed by atoms with Crippen molar-refractivity contribution in [3.63, 3.8) is 0 Å². The highest BCUT2D eigenvalue weighted by atomic mass is 14.9. The van der Waals surface area contributed by atoms with Crippen molar-refractivity contribution >= 4 is 5.69 Å². The Labute approximate surface area is 107 Å². The Morgan fingerprint density at radius 2 is 2.06 bits per heavy atom. The van der Waals surface area contributed by atoms with Gasteiger partial charge in [0, 0.05) is 11.7 Å². The molecule has 1 N–H and O–H groups in total. The molecule has 1 atom stereocenters. The van der Waals surface area contributed by atoms with Gasteiger partial charge in [-0.2, -0.15) is 0 Å². The fraction of sp³-hybridized carbons (Fsp3) is 0.500. The predicted octanol–water partition coefficient (Wildman–Crippen LogP) is 5.18. The van der Waals surface area contributed by atoms with E-state index in [-0.39, 0.29) is 0 Å². The number of anilines is 1. The summed E-state index contributed by atoms with van der Waals surface area (Å²) in [6, 6.07) is 9.04.